The molecule has 0 aliphatic rings. The van der Waals surface area contributed by atoms with Crippen LogP contribution in [0.3, 0.4) is 0 Å². The summed E-state index contributed by atoms with van der Waals surface area (Å²) in [6.45, 7) is 13.9. The van der Waals surface area contributed by atoms with Gasteiger partial charge in [0.2, 0.25) is 0 Å². The van der Waals surface area contributed by atoms with Gasteiger partial charge in [-0.3, -0.25) is 0 Å². The van der Waals surface area contributed by atoms with E-state index in [1.807, 2.05) is 24.8 Å². The number of H-pyrrole nitrogens is 1. The van der Waals surface area contributed by atoms with Gasteiger partial charge in [0, 0.05) is 16.9 Å². The van der Waals surface area contributed by atoms with Gasteiger partial charge in [0.25, 0.3) is 0 Å². The first-order chi connectivity index (χ1) is 18.8. The number of thiazole rings is 1. The number of imidazole rings is 1. The molecule has 3 unspecified atom stereocenters. The summed E-state index contributed by atoms with van der Waals surface area (Å²) in [5, 5.41) is 6.78. The van der Waals surface area contributed by atoms with Crippen LogP contribution in [0.15, 0.2) is 41.3 Å². The number of aromatic amines is 1. The Hall–Kier alpha value is -1.79. The highest BCUT2D eigenvalue weighted by Gasteiger charge is 2.17. The number of aryl methyl sites for hydroxylation is 1. The van der Waals surface area contributed by atoms with Crippen LogP contribution < -0.4 is 5.32 Å². The summed E-state index contributed by atoms with van der Waals surface area (Å²) in [4.78, 5) is 13.0. The van der Waals surface area contributed by atoms with Crippen LogP contribution in [-0.4, -0.2) is 26.5 Å². The van der Waals surface area contributed by atoms with Crippen molar-refractivity contribution >= 4 is 39.9 Å². The number of fused-ring (bicyclic) bond motifs is 1. The molecule has 0 radical (unpaired) electrons. The van der Waals surface area contributed by atoms with E-state index in [9.17, 15) is 0 Å². The zero-order chi connectivity index (χ0) is 28.0. The molecule has 0 aliphatic heterocycles. The predicted octanol–water partition coefficient (Wildman–Crippen LogP) is 10.6. The molecule has 0 bridgehead atoms. The second-order valence-corrected chi connectivity index (χ2v) is 14.2. The SMILES string of the molecule is CC(=CCSCC(Nc1csc(C)n1)c1nc2ccccc2[nH]1)CCCC(C)CCCC(C)CCCC(C)C. The fourth-order valence-electron chi connectivity index (χ4n) is 5.13. The number of thioether (sulfide) groups is 1. The van der Waals surface area contributed by atoms with Gasteiger partial charge in [-0.15, -0.1) is 11.3 Å². The highest BCUT2D eigenvalue weighted by atomic mass is 32.2. The van der Waals surface area contributed by atoms with E-state index < -0.39 is 0 Å². The Morgan fingerprint density at radius 1 is 0.974 bits per heavy atom. The van der Waals surface area contributed by atoms with E-state index in [0.29, 0.717) is 0 Å². The highest BCUT2D eigenvalue weighted by molar-refractivity contribution is 7.99. The summed E-state index contributed by atoms with van der Waals surface area (Å²) in [7, 11) is 0. The average Bonchev–Trinajstić information content (AvgIpc) is 3.51. The molecule has 39 heavy (non-hydrogen) atoms. The quantitative estimate of drug-likeness (QED) is 0.112. The fourth-order valence-corrected chi connectivity index (χ4v) is 6.70. The molecule has 3 rings (SSSR count). The standard InChI is InChI=1S/C33H52N4S2/c1-24(2)12-9-13-25(3)14-10-15-26(4)16-11-17-27(5)20-21-38-22-31(35-32-23-39-28(6)34-32)33-36-29-18-7-8-19-30(29)37-33/h7-8,18-20,23-26,31,35H,9-17,21-22H2,1-6H3,(H,36,37). The van der Waals surface area contributed by atoms with Crippen molar-refractivity contribution in [2.75, 3.05) is 16.8 Å². The molecular formula is C33H52N4S2. The van der Waals surface area contributed by atoms with Gasteiger partial charge in [0.05, 0.1) is 22.1 Å². The second kappa shape index (κ2) is 17.1. The lowest BCUT2D eigenvalue weighted by Gasteiger charge is -2.16. The van der Waals surface area contributed by atoms with Crippen LogP contribution >= 0.6 is 23.1 Å². The third-order valence-electron chi connectivity index (χ3n) is 7.65. The Kier molecular flexibility index (Phi) is 13.9. The molecule has 0 saturated heterocycles. The number of allylic oxidation sites excluding steroid dienone is 1. The number of hydrogen-bond donors (Lipinski definition) is 2. The van der Waals surface area contributed by atoms with Crippen molar-refractivity contribution in [1.29, 1.82) is 0 Å². The minimum Gasteiger partial charge on any atom is -0.359 e. The van der Waals surface area contributed by atoms with Crippen molar-refractivity contribution in [2.45, 2.75) is 105 Å². The maximum atomic E-state index is 4.87. The predicted molar refractivity (Wildman–Crippen MR) is 175 cm³/mol. The number of anilines is 1. The van der Waals surface area contributed by atoms with Gasteiger partial charge < -0.3 is 10.3 Å². The third-order valence-corrected chi connectivity index (χ3v) is 9.40. The molecule has 3 aromatic rings. The first kappa shape index (κ1) is 31.7. The van der Waals surface area contributed by atoms with E-state index in [2.05, 4.69) is 79.6 Å². The number of para-hydroxylation sites is 2. The largest absolute Gasteiger partial charge is 0.359 e. The number of nitrogens with zero attached hydrogens (tertiary/aromatic N) is 2. The highest BCUT2D eigenvalue weighted by Crippen LogP contribution is 2.26. The minimum absolute atomic E-state index is 0.0939. The van der Waals surface area contributed by atoms with E-state index in [1.165, 1.54) is 63.4 Å². The van der Waals surface area contributed by atoms with Gasteiger partial charge in [0.15, 0.2) is 0 Å². The Labute approximate surface area is 246 Å². The fraction of sp³-hybridized carbons (Fsp3) is 0.636. The first-order valence-electron chi connectivity index (χ1n) is 15.2. The summed E-state index contributed by atoms with van der Waals surface area (Å²) in [5.74, 6) is 6.48. The number of rotatable bonds is 19. The van der Waals surface area contributed by atoms with Gasteiger partial charge in [0.1, 0.15) is 11.6 Å². The van der Waals surface area contributed by atoms with Crippen LogP contribution in [0.1, 0.15) is 109 Å². The van der Waals surface area contributed by atoms with Crippen LogP contribution in [0.2, 0.25) is 0 Å². The van der Waals surface area contributed by atoms with E-state index in [-0.39, 0.29) is 6.04 Å². The Bertz CT molecular complexity index is 1080. The lowest BCUT2D eigenvalue weighted by Crippen LogP contribution is -2.15. The van der Waals surface area contributed by atoms with Crippen molar-refractivity contribution in [3.63, 3.8) is 0 Å². The second-order valence-electron chi connectivity index (χ2n) is 12.0. The van der Waals surface area contributed by atoms with Crippen molar-refractivity contribution in [1.82, 2.24) is 15.0 Å². The summed E-state index contributed by atoms with van der Waals surface area (Å²) in [5.41, 5.74) is 3.62. The van der Waals surface area contributed by atoms with E-state index in [4.69, 9.17) is 4.98 Å². The van der Waals surface area contributed by atoms with Gasteiger partial charge in [-0.1, -0.05) is 96.4 Å². The number of hydrogen-bond acceptors (Lipinski definition) is 5. The molecular weight excluding hydrogens is 517 g/mol. The molecule has 6 heteroatoms. The monoisotopic (exact) mass is 568 g/mol. The van der Waals surface area contributed by atoms with Crippen LogP contribution in [0.4, 0.5) is 5.82 Å². The maximum absolute atomic E-state index is 4.87. The number of aromatic nitrogens is 3. The molecule has 216 valence electrons. The third kappa shape index (κ3) is 12.1. The van der Waals surface area contributed by atoms with Gasteiger partial charge in [-0.2, -0.15) is 11.8 Å². The van der Waals surface area contributed by atoms with E-state index >= 15 is 0 Å². The Morgan fingerprint density at radius 3 is 2.33 bits per heavy atom. The number of benzene rings is 1. The number of nitrogens with one attached hydrogen (secondary N) is 2. The first-order valence-corrected chi connectivity index (χ1v) is 17.2. The topological polar surface area (TPSA) is 53.6 Å². The lowest BCUT2D eigenvalue weighted by atomic mass is 9.91. The maximum Gasteiger partial charge on any atom is 0.137 e. The molecule has 2 aromatic heterocycles. The summed E-state index contributed by atoms with van der Waals surface area (Å²) in [6, 6.07) is 8.34. The zero-order valence-corrected chi connectivity index (χ0v) is 26.9. The van der Waals surface area contributed by atoms with Crippen molar-refractivity contribution in [2.24, 2.45) is 17.8 Å². The molecule has 0 fully saturated rings. The molecule has 0 saturated carbocycles. The smallest absolute Gasteiger partial charge is 0.137 e. The van der Waals surface area contributed by atoms with Crippen LogP contribution in [0.5, 0.6) is 0 Å². The molecule has 2 heterocycles. The van der Waals surface area contributed by atoms with Crippen LogP contribution in [-0.2, 0) is 0 Å². The normalized spacial score (nSPS) is 14.7. The lowest BCUT2D eigenvalue weighted by molar-refractivity contribution is 0.389. The molecule has 0 spiro atoms. The molecule has 1 aromatic carbocycles. The van der Waals surface area contributed by atoms with Crippen molar-refractivity contribution < 1.29 is 0 Å². The molecule has 0 amide bonds. The molecule has 3 atom stereocenters. The molecule has 2 N–H and O–H groups in total. The summed E-state index contributed by atoms with van der Waals surface area (Å²) in [6.07, 6.45) is 14.7. The average molecular weight is 569 g/mol. The van der Waals surface area contributed by atoms with Crippen LogP contribution in [0.25, 0.3) is 11.0 Å². The minimum atomic E-state index is 0.0939. The van der Waals surface area contributed by atoms with Crippen molar-refractivity contribution in [3.05, 3.63) is 52.1 Å². The zero-order valence-electron chi connectivity index (χ0n) is 25.3. The van der Waals surface area contributed by atoms with Gasteiger partial charge >= 0.3 is 0 Å². The summed E-state index contributed by atoms with van der Waals surface area (Å²) >= 11 is 3.63. The summed E-state index contributed by atoms with van der Waals surface area (Å²) < 4.78 is 0. The van der Waals surface area contributed by atoms with Gasteiger partial charge in [-0.05, 0) is 56.6 Å². The molecule has 4 nitrogen and oxygen atoms in total. The Morgan fingerprint density at radius 2 is 1.67 bits per heavy atom. The van der Waals surface area contributed by atoms with Crippen molar-refractivity contribution in [3.8, 4) is 0 Å². The van der Waals surface area contributed by atoms with Crippen LogP contribution in [0, 0.1) is 24.7 Å². The van der Waals surface area contributed by atoms with Gasteiger partial charge in [-0.25, -0.2) is 9.97 Å². The molecule has 0 aliphatic carbocycles. The van der Waals surface area contributed by atoms with E-state index in [0.717, 1.165) is 56.9 Å². The Balaban J connectivity index is 1.36. The van der Waals surface area contributed by atoms with E-state index in [1.54, 1.807) is 11.3 Å².